The van der Waals surface area contributed by atoms with E-state index in [0.29, 0.717) is 29.4 Å². The number of likely N-dealkylation sites (N-methyl/N-ethyl adjacent to an activating group) is 1. The molecule has 6 nitrogen and oxygen atoms in total. The first-order valence-corrected chi connectivity index (χ1v) is 7.48. The van der Waals surface area contributed by atoms with E-state index in [1.165, 1.54) is 12.0 Å². The summed E-state index contributed by atoms with van der Waals surface area (Å²) in [5.74, 6) is 0.0945. The molecule has 23 heavy (non-hydrogen) atoms. The number of hydrogen-bond acceptors (Lipinski definition) is 4. The maximum Gasteiger partial charge on any atom is 0.257 e. The van der Waals surface area contributed by atoms with Crippen LogP contribution in [0.5, 0.6) is 5.75 Å². The van der Waals surface area contributed by atoms with Gasteiger partial charge in [-0.2, -0.15) is 0 Å². The quantitative estimate of drug-likeness (QED) is 0.877. The fraction of sp³-hybridized carbons (Fsp3) is 0.467. The minimum absolute atomic E-state index is 0. The topological polar surface area (TPSA) is 61.9 Å². The molecule has 2 rings (SSSR count). The van der Waals surface area contributed by atoms with Gasteiger partial charge in [0.05, 0.1) is 19.2 Å². The third-order valence-corrected chi connectivity index (χ3v) is 3.82. The number of piperazine rings is 1. The molecule has 1 aromatic rings. The molecule has 2 amide bonds. The highest BCUT2D eigenvalue weighted by atomic mass is 35.5. The zero-order valence-corrected chi connectivity index (χ0v) is 14.7. The average Bonchev–Trinajstić information content (AvgIpc) is 2.54. The van der Waals surface area contributed by atoms with Crippen LogP contribution in [0.1, 0.15) is 10.4 Å². The first-order chi connectivity index (χ1) is 10.5. The number of carbonyl (C=O) groups excluding carboxylic acids is 2. The second kappa shape index (κ2) is 8.96. The normalized spacial score (nSPS) is 14.0. The molecule has 0 atom stereocenters. The zero-order valence-electron chi connectivity index (χ0n) is 13.2. The number of hydrogen-bond donors (Lipinski definition) is 1. The van der Waals surface area contributed by atoms with E-state index >= 15 is 0 Å². The van der Waals surface area contributed by atoms with E-state index in [1.54, 1.807) is 30.1 Å². The first kappa shape index (κ1) is 19.5. The van der Waals surface area contributed by atoms with Crippen molar-refractivity contribution >= 4 is 35.8 Å². The summed E-state index contributed by atoms with van der Waals surface area (Å²) in [5, 5.41) is 3.64. The van der Waals surface area contributed by atoms with Gasteiger partial charge in [0.2, 0.25) is 5.91 Å². The predicted octanol–water partition coefficient (Wildman–Crippen LogP) is 1.27. The van der Waals surface area contributed by atoms with Gasteiger partial charge in [-0.15, -0.1) is 12.4 Å². The summed E-state index contributed by atoms with van der Waals surface area (Å²) < 4.78 is 5.18. The van der Waals surface area contributed by atoms with Crippen molar-refractivity contribution in [2.24, 2.45) is 0 Å². The number of rotatable bonds is 4. The van der Waals surface area contributed by atoms with Crippen LogP contribution in [0.3, 0.4) is 0 Å². The van der Waals surface area contributed by atoms with Crippen LogP contribution in [0.4, 0.5) is 0 Å². The van der Waals surface area contributed by atoms with E-state index in [0.717, 1.165) is 13.1 Å². The molecule has 0 bridgehead atoms. The van der Waals surface area contributed by atoms with Gasteiger partial charge >= 0.3 is 0 Å². The van der Waals surface area contributed by atoms with Crippen molar-refractivity contribution in [1.82, 2.24) is 15.1 Å². The summed E-state index contributed by atoms with van der Waals surface area (Å²) in [5.41, 5.74) is 0.352. The lowest BCUT2D eigenvalue weighted by molar-refractivity contribution is -0.132. The molecule has 1 saturated heterocycles. The molecule has 0 aliphatic carbocycles. The number of nitrogens with zero attached hydrogens (tertiary/aromatic N) is 2. The van der Waals surface area contributed by atoms with Crippen LogP contribution in [0.25, 0.3) is 0 Å². The Labute approximate surface area is 147 Å². The number of amides is 2. The van der Waals surface area contributed by atoms with Crippen LogP contribution >= 0.6 is 24.0 Å². The van der Waals surface area contributed by atoms with Gasteiger partial charge < -0.3 is 19.9 Å². The fourth-order valence-electron chi connectivity index (χ4n) is 2.34. The van der Waals surface area contributed by atoms with Crippen LogP contribution in [0.15, 0.2) is 18.2 Å². The van der Waals surface area contributed by atoms with Gasteiger partial charge in [-0.05, 0) is 18.2 Å². The maximum atomic E-state index is 12.5. The number of ether oxygens (including phenoxy) is 1. The van der Waals surface area contributed by atoms with E-state index in [-0.39, 0.29) is 30.8 Å². The summed E-state index contributed by atoms with van der Waals surface area (Å²) in [6, 6.07) is 4.85. The second-order valence-corrected chi connectivity index (χ2v) is 5.57. The van der Waals surface area contributed by atoms with E-state index < -0.39 is 0 Å². The number of carbonyl (C=O) groups is 2. The lowest BCUT2D eigenvalue weighted by atomic mass is 10.1. The van der Waals surface area contributed by atoms with Gasteiger partial charge in [-0.25, -0.2) is 0 Å². The van der Waals surface area contributed by atoms with E-state index in [9.17, 15) is 9.59 Å². The fourth-order valence-corrected chi connectivity index (χ4v) is 2.51. The molecule has 0 spiro atoms. The standard InChI is InChI=1S/C15H20ClN3O3.ClH/c1-18(10-14(20)19-7-5-17-6-8-19)15(21)12-9-11(16)3-4-13(12)22-2;/h3-4,9,17H,5-8,10H2,1-2H3;1H. The molecule has 0 radical (unpaired) electrons. The van der Waals surface area contributed by atoms with Crippen molar-refractivity contribution in [2.45, 2.75) is 0 Å². The zero-order chi connectivity index (χ0) is 16.1. The Kier molecular flexibility index (Phi) is 7.61. The van der Waals surface area contributed by atoms with E-state index in [1.807, 2.05) is 0 Å². The first-order valence-electron chi connectivity index (χ1n) is 7.10. The second-order valence-electron chi connectivity index (χ2n) is 5.14. The number of benzene rings is 1. The SMILES string of the molecule is COc1ccc(Cl)cc1C(=O)N(C)CC(=O)N1CCNCC1.Cl. The van der Waals surface area contributed by atoms with Crippen LogP contribution in [0.2, 0.25) is 5.02 Å². The molecule has 128 valence electrons. The minimum Gasteiger partial charge on any atom is -0.496 e. The summed E-state index contributed by atoms with van der Waals surface area (Å²) in [4.78, 5) is 27.9. The van der Waals surface area contributed by atoms with Crippen molar-refractivity contribution in [2.75, 3.05) is 46.9 Å². The third-order valence-electron chi connectivity index (χ3n) is 3.58. The van der Waals surface area contributed by atoms with Crippen LogP contribution in [0, 0.1) is 0 Å². The van der Waals surface area contributed by atoms with Crippen molar-refractivity contribution in [1.29, 1.82) is 0 Å². The van der Waals surface area contributed by atoms with Gasteiger partial charge in [0.1, 0.15) is 5.75 Å². The molecule has 1 N–H and O–H groups in total. The van der Waals surface area contributed by atoms with Gasteiger partial charge in [0.15, 0.2) is 0 Å². The Morgan fingerprint density at radius 2 is 2.00 bits per heavy atom. The Balaban J connectivity index is 0.00000264. The van der Waals surface area contributed by atoms with Crippen LogP contribution < -0.4 is 10.1 Å². The molecule has 1 aromatic carbocycles. The Bertz CT molecular complexity index is 563. The highest BCUT2D eigenvalue weighted by molar-refractivity contribution is 6.31. The van der Waals surface area contributed by atoms with Crippen molar-refractivity contribution in [3.8, 4) is 5.75 Å². The third kappa shape index (κ3) is 4.99. The number of nitrogens with one attached hydrogen (secondary N) is 1. The van der Waals surface area contributed by atoms with Gasteiger partial charge in [0, 0.05) is 38.2 Å². The molecule has 1 heterocycles. The molecule has 8 heteroatoms. The monoisotopic (exact) mass is 361 g/mol. The highest BCUT2D eigenvalue weighted by Gasteiger charge is 2.22. The molecule has 0 aromatic heterocycles. The lowest BCUT2D eigenvalue weighted by Gasteiger charge is -2.29. The summed E-state index contributed by atoms with van der Waals surface area (Å²) >= 11 is 5.94. The minimum atomic E-state index is -0.289. The lowest BCUT2D eigenvalue weighted by Crippen LogP contribution is -2.49. The van der Waals surface area contributed by atoms with Crippen molar-refractivity contribution < 1.29 is 14.3 Å². The highest BCUT2D eigenvalue weighted by Crippen LogP contribution is 2.23. The van der Waals surface area contributed by atoms with E-state index in [4.69, 9.17) is 16.3 Å². The van der Waals surface area contributed by atoms with Gasteiger partial charge in [-0.1, -0.05) is 11.6 Å². The predicted molar refractivity (Wildman–Crippen MR) is 91.7 cm³/mol. The molecular formula is C15H21Cl2N3O3. The van der Waals surface area contributed by atoms with Crippen LogP contribution in [-0.4, -0.2) is 68.5 Å². The molecule has 1 aliphatic rings. The summed E-state index contributed by atoms with van der Waals surface area (Å²) in [6.07, 6.45) is 0. The smallest absolute Gasteiger partial charge is 0.257 e. The number of halogens is 2. The summed E-state index contributed by atoms with van der Waals surface area (Å²) in [7, 11) is 3.09. The molecule has 0 saturated carbocycles. The molecule has 1 fully saturated rings. The summed E-state index contributed by atoms with van der Waals surface area (Å²) in [6.45, 7) is 2.94. The Hall–Kier alpha value is -1.50. The van der Waals surface area contributed by atoms with Gasteiger partial charge in [-0.3, -0.25) is 9.59 Å². The van der Waals surface area contributed by atoms with E-state index in [2.05, 4.69) is 5.32 Å². The molecular weight excluding hydrogens is 341 g/mol. The van der Waals surface area contributed by atoms with Crippen LogP contribution in [-0.2, 0) is 4.79 Å². The average molecular weight is 362 g/mol. The molecule has 0 unspecified atom stereocenters. The number of methoxy groups -OCH3 is 1. The largest absolute Gasteiger partial charge is 0.496 e. The van der Waals surface area contributed by atoms with Crippen molar-refractivity contribution in [3.63, 3.8) is 0 Å². The Morgan fingerprint density at radius 3 is 2.61 bits per heavy atom. The molecule has 1 aliphatic heterocycles. The maximum absolute atomic E-state index is 12.5. The Morgan fingerprint density at radius 1 is 1.35 bits per heavy atom. The van der Waals surface area contributed by atoms with Crippen molar-refractivity contribution in [3.05, 3.63) is 28.8 Å². The van der Waals surface area contributed by atoms with Gasteiger partial charge in [0.25, 0.3) is 5.91 Å².